The lowest BCUT2D eigenvalue weighted by Crippen LogP contribution is -2.57. The highest BCUT2D eigenvalue weighted by Crippen LogP contribution is 2.31. The van der Waals surface area contributed by atoms with Crippen LogP contribution in [0.15, 0.2) is 5.38 Å². The van der Waals surface area contributed by atoms with Crippen molar-refractivity contribution < 1.29 is 14.7 Å². The van der Waals surface area contributed by atoms with Crippen LogP contribution in [0, 0.1) is 5.41 Å². The molecule has 0 atom stereocenters. The van der Waals surface area contributed by atoms with Crippen LogP contribution in [-0.2, 0) is 11.2 Å². The Morgan fingerprint density at radius 2 is 2.00 bits per heavy atom. The normalized spacial score (nSPS) is 12.2. The van der Waals surface area contributed by atoms with Gasteiger partial charge < -0.3 is 16.2 Å². The average molecular weight is 299 g/mol. The number of amides is 1. The first-order valence-corrected chi connectivity index (χ1v) is 7.20. The van der Waals surface area contributed by atoms with Gasteiger partial charge in [0, 0.05) is 11.8 Å². The molecule has 0 fully saturated rings. The maximum Gasteiger partial charge on any atom is 0.311 e. The van der Waals surface area contributed by atoms with Crippen LogP contribution in [0.2, 0.25) is 0 Å². The molecule has 0 aliphatic heterocycles. The Morgan fingerprint density at radius 1 is 1.40 bits per heavy atom. The van der Waals surface area contributed by atoms with Gasteiger partial charge >= 0.3 is 5.97 Å². The SMILES string of the molecule is CC(C)(NC(=O)c1csc(CCN)n1)C(C)(C)C(=O)O. The number of carboxylic acid groups (broad SMARTS) is 1. The Balaban J connectivity index is 2.86. The Morgan fingerprint density at radius 3 is 2.50 bits per heavy atom. The summed E-state index contributed by atoms with van der Waals surface area (Å²) >= 11 is 1.37. The van der Waals surface area contributed by atoms with E-state index >= 15 is 0 Å². The van der Waals surface area contributed by atoms with Crippen LogP contribution in [0.1, 0.15) is 43.2 Å². The molecule has 1 amide bonds. The van der Waals surface area contributed by atoms with Gasteiger partial charge in [-0.2, -0.15) is 0 Å². The van der Waals surface area contributed by atoms with Crippen molar-refractivity contribution in [3.05, 3.63) is 16.1 Å². The number of carboxylic acids is 1. The molecule has 4 N–H and O–H groups in total. The Bertz CT molecular complexity index is 509. The molecule has 0 aliphatic carbocycles. The van der Waals surface area contributed by atoms with E-state index in [1.807, 2.05) is 0 Å². The van der Waals surface area contributed by atoms with E-state index < -0.39 is 16.9 Å². The second kappa shape index (κ2) is 5.88. The van der Waals surface area contributed by atoms with Gasteiger partial charge in [-0.15, -0.1) is 11.3 Å². The zero-order valence-corrected chi connectivity index (χ0v) is 13.0. The number of thiazole rings is 1. The van der Waals surface area contributed by atoms with E-state index in [-0.39, 0.29) is 5.91 Å². The van der Waals surface area contributed by atoms with E-state index in [0.717, 1.165) is 5.01 Å². The quantitative estimate of drug-likeness (QED) is 0.733. The van der Waals surface area contributed by atoms with E-state index in [2.05, 4.69) is 10.3 Å². The molecule has 0 saturated carbocycles. The van der Waals surface area contributed by atoms with Crippen molar-refractivity contribution in [2.45, 2.75) is 39.7 Å². The van der Waals surface area contributed by atoms with Gasteiger partial charge in [-0.1, -0.05) is 0 Å². The van der Waals surface area contributed by atoms with E-state index in [9.17, 15) is 14.7 Å². The van der Waals surface area contributed by atoms with Crippen molar-refractivity contribution in [2.24, 2.45) is 11.1 Å². The topological polar surface area (TPSA) is 105 Å². The first kappa shape index (κ1) is 16.6. The highest BCUT2D eigenvalue weighted by molar-refractivity contribution is 7.09. The lowest BCUT2D eigenvalue weighted by Gasteiger charge is -2.38. The molecule has 1 heterocycles. The van der Waals surface area contributed by atoms with Crippen LogP contribution in [0.3, 0.4) is 0 Å². The number of rotatable bonds is 6. The fourth-order valence-corrected chi connectivity index (χ4v) is 2.22. The van der Waals surface area contributed by atoms with E-state index in [4.69, 9.17) is 5.73 Å². The minimum atomic E-state index is -1.10. The van der Waals surface area contributed by atoms with Gasteiger partial charge in [0.2, 0.25) is 0 Å². The van der Waals surface area contributed by atoms with Gasteiger partial charge in [0.25, 0.3) is 5.91 Å². The second-order valence-corrected chi connectivity index (χ2v) is 6.62. The van der Waals surface area contributed by atoms with Gasteiger partial charge in [0.05, 0.1) is 16.0 Å². The van der Waals surface area contributed by atoms with Crippen LogP contribution in [0.25, 0.3) is 0 Å². The zero-order valence-electron chi connectivity index (χ0n) is 12.2. The minimum absolute atomic E-state index is 0.299. The first-order valence-electron chi connectivity index (χ1n) is 6.32. The number of aliphatic carboxylic acids is 1. The van der Waals surface area contributed by atoms with Gasteiger partial charge in [0.15, 0.2) is 0 Å². The average Bonchev–Trinajstić information content (AvgIpc) is 2.77. The number of hydrogen-bond acceptors (Lipinski definition) is 5. The summed E-state index contributed by atoms with van der Waals surface area (Å²) in [5, 5.41) is 14.5. The minimum Gasteiger partial charge on any atom is -0.481 e. The number of nitrogens with zero attached hydrogens (tertiary/aromatic N) is 1. The Hall–Kier alpha value is -1.47. The second-order valence-electron chi connectivity index (χ2n) is 5.67. The maximum atomic E-state index is 12.2. The first-order chi connectivity index (χ1) is 9.11. The van der Waals surface area contributed by atoms with Gasteiger partial charge in [-0.05, 0) is 34.2 Å². The van der Waals surface area contributed by atoms with Crippen LogP contribution < -0.4 is 11.1 Å². The number of aromatic nitrogens is 1. The lowest BCUT2D eigenvalue weighted by atomic mass is 9.74. The zero-order chi connectivity index (χ0) is 15.6. The summed E-state index contributed by atoms with van der Waals surface area (Å²) in [6.45, 7) is 7.01. The van der Waals surface area contributed by atoms with Gasteiger partial charge in [0.1, 0.15) is 5.69 Å². The van der Waals surface area contributed by atoms with Crippen molar-refractivity contribution in [2.75, 3.05) is 6.54 Å². The molecule has 1 aromatic rings. The number of carbonyl (C=O) groups excluding carboxylic acids is 1. The largest absolute Gasteiger partial charge is 0.481 e. The maximum absolute atomic E-state index is 12.2. The molecule has 0 spiro atoms. The van der Waals surface area contributed by atoms with Crippen LogP contribution >= 0.6 is 11.3 Å². The molecule has 6 nitrogen and oxygen atoms in total. The summed E-state index contributed by atoms with van der Waals surface area (Å²) in [5.74, 6) is -1.34. The Labute approximate surface area is 122 Å². The predicted octanol–water partition coefficient (Wildman–Crippen LogP) is 1.26. The molecule has 7 heteroatoms. The molecule has 0 aliphatic rings. The monoisotopic (exact) mass is 299 g/mol. The molecule has 1 aromatic heterocycles. The fraction of sp³-hybridized carbons (Fsp3) is 0.615. The molecule has 0 bridgehead atoms. The molecule has 0 radical (unpaired) electrons. The van der Waals surface area contributed by atoms with Crippen molar-refractivity contribution in [1.29, 1.82) is 0 Å². The van der Waals surface area contributed by atoms with Gasteiger partial charge in [-0.25, -0.2) is 4.98 Å². The van der Waals surface area contributed by atoms with Crippen molar-refractivity contribution in [3.8, 4) is 0 Å². The molecule has 20 heavy (non-hydrogen) atoms. The van der Waals surface area contributed by atoms with Gasteiger partial charge in [-0.3, -0.25) is 9.59 Å². The summed E-state index contributed by atoms with van der Waals surface area (Å²) in [6, 6.07) is 0. The number of nitrogens with one attached hydrogen (secondary N) is 1. The third-order valence-electron chi connectivity index (χ3n) is 3.67. The van der Waals surface area contributed by atoms with Crippen LogP contribution in [-0.4, -0.2) is 34.1 Å². The Kier molecular flexibility index (Phi) is 4.88. The fourth-order valence-electron chi connectivity index (χ4n) is 1.42. The third-order valence-corrected chi connectivity index (χ3v) is 4.57. The molecule has 0 saturated heterocycles. The molecular formula is C13H21N3O3S. The smallest absolute Gasteiger partial charge is 0.311 e. The molecular weight excluding hydrogens is 278 g/mol. The number of nitrogens with two attached hydrogens (primary N) is 1. The highest BCUT2D eigenvalue weighted by atomic mass is 32.1. The van der Waals surface area contributed by atoms with Crippen molar-refractivity contribution in [1.82, 2.24) is 10.3 Å². The van der Waals surface area contributed by atoms with Crippen LogP contribution in [0.5, 0.6) is 0 Å². The summed E-state index contributed by atoms with van der Waals surface area (Å²) in [5.41, 5.74) is 3.73. The van der Waals surface area contributed by atoms with E-state index in [1.165, 1.54) is 11.3 Å². The summed E-state index contributed by atoms with van der Waals surface area (Å²) in [6.07, 6.45) is 0.627. The van der Waals surface area contributed by atoms with Crippen molar-refractivity contribution in [3.63, 3.8) is 0 Å². The van der Waals surface area contributed by atoms with E-state index in [1.54, 1.807) is 33.1 Å². The number of hydrogen-bond donors (Lipinski definition) is 3. The molecule has 112 valence electrons. The lowest BCUT2D eigenvalue weighted by molar-refractivity contribution is -0.150. The molecule has 0 unspecified atom stereocenters. The van der Waals surface area contributed by atoms with Crippen LogP contribution in [0.4, 0.5) is 0 Å². The summed E-state index contributed by atoms with van der Waals surface area (Å²) in [4.78, 5) is 27.6. The molecule has 0 aromatic carbocycles. The highest BCUT2D eigenvalue weighted by Gasteiger charge is 2.44. The standard InChI is InChI=1S/C13H21N3O3S/c1-12(2,11(18)19)13(3,4)16-10(17)8-7-20-9(15-8)5-6-14/h7H,5-6,14H2,1-4H3,(H,16,17)(H,18,19). The summed E-state index contributed by atoms with van der Waals surface area (Å²) < 4.78 is 0. The van der Waals surface area contributed by atoms with E-state index in [0.29, 0.717) is 18.7 Å². The predicted molar refractivity (Wildman–Crippen MR) is 77.8 cm³/mol. The molecule has 1 rings (SSSR count). The van der Waals surface area contributed by atoms with Crippen molar-refractivity contribution >= 4 is 23.2 Å². The summed E-state index contributed by atoms with van der Waals surface area (Å²) in [7, 11) is 0. The number of carbonyl (C=O) groups is 2. The third kappa shape index (κ3) is 3.34.